The number of thiazole rings is 1. The number of nitrogens with zero attached hydrogens (tertiary/aromatic N) is 3. The third-order valence-electron chi connectivity index (χ3n) is 4.10. The standard InChI is InChI=1S/C19H17N5O4S2.ClH/c1-27-15-10-13-14(11-16(15)28-2)22-18(21-12-6-4-3-5-7-12)23-17(13)30(25,26)24-19-20-8-9-29-19;/h3-11H,1-2H3,(H,20,24)(H,21,22,23);1H. The van der Waals surface area contributed by atoms with Gasteiger partial charge in [-0.1, -0.05) is 18.2 Å². The minimum absolute atomic E-state index is 0. The first-order valence-corrected chi connectivity index (χ1v) is 11.0. The molecule has 0 radical (unpaired) electrons. The van der Waals surface area contributed by atoms with E-state index >= 15 is 0 Å². The molecule has 0 aliphatic carbocycles. The number of nitrogens with one attached hydrogen (secondary N) is 2. The van der Waals surface area contributed by atoms with E-state index in [9.17, 15) is 8.42 Å². The van der Waals surface area contributed by atoms with E-state index in [-0.39, 0.29) is 33.9 Å². The van der Waals surface area contributed by atoms with Crippen LogP contribution in [0.1, 0.15) is 0 Å². The van der Waals surface area contributed by atoms with Crippen molar-refractivity contribution in [3.05, 3.63) is 54.0 Å². The Hall–Kier alpha value is -3.15. The van der Waals surface area contributed by atoms with Gasteiger partial charge in [0.05, 0.1) is 19.7 Å². The monoisotopic (exact) mass is 479 g/mol. The van der Waals surface area contributed by atoms with Crippen molar-refractivity contribution in [2.24, 2.45) is 0 Å². The van der Waals surface area contributed by atoms with E-state index in [4.69, 9.17) is 9.47 Å². The lowest BCUT2D eigenvalue weighted by atomic mass is 10.2. The van der Waals surface area contributed by atoms with Crippen LogP contribution in [-0.2, 0) is 10.0 Å². The Kier molecular flexibility index (Phi) is 6.78. The van der Waals surface area contributed by atoms with Crippen molar-refractivity contribution in [3.63, 3.8) is 0 Å². The topological polar surface area (TPSA) is 115 Å². The summed E-state index contributed by atoms with van der Waals surface area (Å²) in [5.41, 5.74) is 1.09. The second-order valence-electron chi connectivity index (χ2n) is 6.01. The van der Waals surface area contributed by atoms with Gasteiger partial charge in [-0.15, -0.1) is 23.7 Å². The smallest absolute Gasteiger partial charge is 0.281 e. The maximum absolute atomic E-state index is 13.1. The number of fused-ring (bicyclic) bond motifs is 1. The largest absolute Gasteiger partial charge is 0.493 e. The van der Waals surface area contributed by atoms with E-state index in [0.717, 1.165) is 0 Å². The molecule has 4 rings (SSSR count). The van der Waals surface area contributed by atoms with E-state index in [1.807, 2.05) is 30.3 Å². The molecule has 12 heteroatoms. The lowest BCUT2D eigenvalue weighted by Gasteiger charge is -2.14. The lowest BCUT2D eigenvalue weighted by molar-refractivity contribution is 0.355. The number of methoxy groups -OCH3 is 2. The molecular weight excluding hydrogens is 462 g/mol. The molecule has 0 saturated heterocycles. The molecule has 0 atom stereocenters. The molecule has 0 aliphatic rings. The van der Waals surface area contributed by atoms with Gasteiger partial charge in [-0.25, -0.2) is 9.97 Å². The summed E-state index contributed by atoms with van der Waals surface area (Å²) < 4.78 is 39.4. The van der Waals surface area contributed by atoms with Crippen molar-refractivity contribution in [1.82, 2.24) is 15.0 Å². The van der Waals surface area contributed by atoms with Crippen LogP contribution in [-0.4, -0.2) is 37.6 Å². The van der Waals surface area contributed by atoms with Crippen LogP contribution in [0.15, 0.2) is 59.1 Å². The van der Waals surface area contributed by atoms with Crippen LogP contribution in [0.4, 0.5) is 16.8 Å². The minimum atomic E-state index is -4.06. The predicted octanol–water partition coefficient (Wildman–Crippen LogP) is 4.07. The Morgan fingerprint density at radius 3 is 2.35 bits per heavy atom. The zero-order chi connectivity index (χ0) is 21.1. The molecule has 2 aromatic heterocycles. The highest BCUT2D eigenvalue weighted by molar-refractivity contribution is 7.93. The Bertz CT molecular complexity index is 1290. The summed E-state index contributed by atoms with van der Waals surface area (Å²) in [7, 11) is -1.09. The zero-order valence-electron chi connectivity index (χ0n) is 16.4. The van der Waals surface area contributed by atoms with Crippen molar-refractivity contribution in [3.8, 4) is 11.5 Å². The number of rotatable bonds is 7. The number of halogens is 1. The minimum Gasteiger partial charge on any atom is -0.493 e. The fraction of sp³-hybridized carbons (Fsp3) is 0.105. The van der Waals surface area contributed by atoms with Gasteiger partial charge in [0, 0.05) is 28.7 Å². The molecule has 0 amide bonds. The van der Waals surface area contributed by atoms with Crippen molar-refractivity contribution < 1.29 is 17.9 Å². The maximum atomic E-state index is 13.1. The van der Waals surface area contributed by atoms with Crippen molar-refractivity contribution >= 4 is 61.4 Å². The fourth-order valence-corrected chi connectivity index (χ4v) is 4.71. The SMILES string of the molecule is COc1cc2nc(Nc3ccccc3)nc(S(=O)(=O)Nc3nccs3)c2cc1OC.Cl. The molecule has 162 valence electrons. The molecule has 0 unspecified atom stereocenters. The van der Waals surface area contributed by atoms with Gasteiger partial charge in [-0.05, 0) is 18.2 Å². The third-order valence-corrected chi connectivity index (χ3v) is 6.20. The Morgan fingerprint density at radius 2 is 1.71 bits per heavy atom. The summed E-state index contributed by atoms with van der Waals surface area (Å²) in [6.45, 7) is 0. The van der Waals surface area contributed by atoms with Crippen LogP contribution < -0.4 is 19.5 Å². The molecule has 0 saturated carbocycles. The highest BCUT2D eigenvalue weighted by atomic mass is 35.5. The van der Waals surface area contributed by atoms with Crippen LogP contribution in [0.2, 0.25) is 0 Å². The summed E-state index contributed by atoms with van der Waals surface area (Å²) in [6, 6.07) is 12.4. The Morgan fingerprint density at radius 1 is 1.00 bits per heavy atom. The van der Waals surface area contributed by atoms with E-state index in [1.165, 1.54) is 37.8 Å². The predicted molar refractivity (Wildman–Crippen MR) is 123 cm³/mol. The Labute approximate surface area is 188 Å². The van der Waals surface area contributed by atoms with Gasteiger partial charge < -0.3 is 14.8 Å². The first-order chi connectivity index (χ1) is 14.5. The van der Waals surface area contributed by atoms with Crippen LogP contribution >= 0.6 is 23.7 Å². The molecule has 9 nitrogen and oxygen atoms in total. The average Bonchev–Trinajstić information content (AvgIpc) is 3.25. The van der Waals surface area contributed by atoms with Gasteiger partial charge in [-0.2, -0.15) is 13.4 Å². The van der Waals surface area contributed by atoms with E-state index in [1.54, 1.807) is 11.4 Å². The molecule has 2 heterocycles. The molecule has 0 bridgehead atoms. The average molecular weight is 480 g/mol. The van der Waals surface area contributed by atoms with Crippen molar-refractivity contribution in [2.45, 2.75) is 5.03 Å². The van der Waals surface area contributed by atoms with Crippen molar-refractivity contribution in [1.29, 1.82) is 0 Å². The highest BCUT2D eigenvalue weighted by Crippen LogP contribution is 2.35. The van der Waals surface area contributed by atoms with E-state index in [0.29, 0.717) is 22.7 Å². The number of benzene rings is 2. The number of hydrogen-bond acceptors (Lipinski definition) is 9. The number of hydrogen-bond donors (Lipinski definition) is 2. The second-order valence-corrected chi connectivity index (χ2v) is 8.50. The number of anilines is 3. The lowest BCUT2D eigenvalue weighted by Crippen LogP contribution is -2.16. The second kappa shape index (κ2) is 9.33. The molecule has 0 spiro atoms. The van der Waals surface area contributed by atoms with Gasteiger partial charge in [0.2, 0.25) is 5.95 Å². The van der Waals surface area contributed by atoms with Crippen molar-refractivity contribution in [2.75, 3.05) is 24.3 Å². The molecule has 0 aliphatic heterocycles. The number of sulfonamides is 1. The quantitative estimate of drug-likeness (QED) is 0.381. The van der Waals surface area contributed by atoms with Gasteiger partial charge in [0.1, 0.15) is 0 Å². The van der Waals surface area contributed by atoms with Gasteiger partial charge in [0.15, 0.2) is 21.7 Å². The molecule has 0 fully saturated rings. The van der Waals surface area contributed by atoms with Gasteiger partial charge >= 0.3 is 0 Å². The fourth-order valence-electron chi connectivity index (χ4n) is 2.78. The van der Waals surface area contributed by atoms with Crippen LogP contribution in [0, 0.1) is 0 Å². The van der Waals surface area contributed by atoms with Gasteiger partial charge in [-0.3, -0.25) is 4.72 Å². The molecule has 4 aromatic rings. The summed E-state index contributed by atoms with van der Waals surface area (Å²) in [4.78, 5) is 12.7. The number of para-hydroxylation sites is 1. The first-order valence-electron chi connectivity index (χ1n) is 8.68. The highest BCUT2D eigenvalue weighted by Gasteiger charge is 2.24. The van der Waals surface area contributed by atoms with E-state index in [2.05, 4.69) is 25.0 Å². The van der Waals surface area contributed by atoms with Crippen LogP contribution in [0.5, 0.6) is 11.5 Å². The molecule has 2 aromatic carbocycles. The molecule has 31 heavy (non-hydrogen) atoms. The number of ether oxygens (including phenoxy) is 2. The zero-order valence-corrected chi connectivity index (χ0v) is 18.8. The molecular formula is C19H18ClN5O4S2. The van der Waals surface area contributed by atoms with Gasteiger partial charge in [0.25, 0.3) is 10.0 Å². The summed E-state index contributed by atoms with van der Waals surface area (Å²) in [5, 5.41) is 5.02. The Balaban J connectivity index is 0.00000272. The normalized spacial score (nSPS) is 10.9. The summed E-state index contributed by atoms with van der Waals surface area (Å²) >= 11 is 1.17. The molecule has 2 N–H and O–H groups in total. The van der Waals surface area contributed by atoms with E-state index < -0.39 is 10.0 Å². The van der Waals surface area contributed by atoms with Crippen LogP contribution in [0.25, 0.3) is 10.9 Å². The first kappa shape index (κ1) is 22.5. The van der Waals surface area contributed by atoms with Crippen LogP contribution in [0.3, 0.4) is 0 Å². The number of aromatic nitrogens is 3. The third kappa shape index (κ3) is 4.79. The maximum Gasteiger partial charge on any atom is 0.281 e. The summed E-state index contributed by atoms with van der Waals surface area (Å²) in [6.07, 6.45) is 1.51. The summed E-state index contributed by atoms with van der Waals surface area (Å²) in [5.74, 6) is 0.911.